The van der Waals surface area contributed by atoms with Gasteiger partial charge in [0.05, 0.1) is 5.69 Å². The Bertz CT molecular complexity index is 2530. The zero-order valence-electron chi connectivity index (χ0n) is 26.3. The Labute approximate surface area is 279 Å². The lowest BCUT2D eigenvalue weighted by Gasteiger charge is -2.27. The van der Waals surface area contributed by atoms with Crippen molar-refractivity contribution in [2.75, 3.05) is 4.90 Å². The van der Waals surface area contributed by atoms with E-state index in [1.54, 1.807) is 0 Å². The Hall–Kier alpha value is -6.38. The summed E-state index contributed by atoms with van der Waals surface area (Å²) in [5.41, 5.74) is 10.1. The van der Waals surface area contributed by atoms with E-state index in [4.69, 9.17) is 4.42 Å². The highest BCUT2D eigenvalue weighted by molar-refractivity contribution is 6.06. The van der Waals surface area contributed by atoms with Crippen LogP contribution in [0.2, 0.25) is 0 Å². The smallest absolute Gasteiger partial charge is 0.135 e. The molecule has 0 atom stereocenters. The number of para-hydroxylation sites is 2. The second kappa shape index (κ2) is 11.8. The maximum absolute atomic E-state index is 6.23. The molecule has 0 saturated heterocycles. The van der Waals surface area contributed by atoms with Crippen LogP contribution in [0.25, 0.3) is 66.1 Å². The van der Waals surface area contributed by atoms with Gasteiger partial charge in [-0.15, -0.1) is 0 Å². The van der Waals surface area contributed by atoms with Crippen LogP contribution in [0.3, 0.4) is 0 Å². The van der Waals surface area contributed by atoms with Gasteiger partial charge in [-0.05, 0) is 93.0 Å². The van der Waals surface area contributed by atoms with Crippen molar-refractivity contribution in [3.05, 3.63) is 188 Å². The van der Waals surface area contributed by atoms with Crippen molar-refractivity contribution in [3.63, 3.8) is 0 Å². The van der Waals surface area contributed by atoms with Crippen molar-refractivity contribution in [2.24, 2.45) is 0 Å². The van der Waals surface area contributed by atoms with Gasteiger partial charge >= 0.3 is 0 Å². The molecule has 0 unspecified atom stereocenters. The molecule has 1 aromatic heterocycles. The average molecular weight is 614 g/mol. The lowest BCUT2D eigenvalue weighted by molar-refractivity contribution is 0.631. The Morgan fingerprint density at radius 1 is 0.354 bits per heavy atom. The van der Waals surface area contributed by atoms with Gasteiger partial charge in [0.25, 0.3) is 0 Å². The SMILES string of the molecule is c1ccc(N(c2ccc(-c3ccc4ccccc4c3)cc2)c2ccc(-c3cccc(-c4cc5ccccc5o4)c3)c3ccccc23)cc1. The maximum atomic E-state index is 6.23. The summed E-state index contributed by atoms with van der Waals surface area (Å²) in [4.78, 5) is 2.36. The number of fused-ring (bicyclic) bond motifs is 3. The predicted octanol–water partition coefficient (Wildman–Crippen LogP) is 13.2. The zero-order valence-corrected chi connectivity index (χ0v) is 26.3. The first-order valence-corrected chi connectivity index (χ1v) is 16.3. The molecule has 226 valence electrons. The zero-order chi connectivity index (χ0) is 31.9. The molecular weight excluding hydrogens is 583 g/mol. The first kappa shape index (κ1) is 27.9. The summed E-state index contributed by atoms with van der Waals surface area (Å²) in [5, 5.41) is 6.00. The second-order valence-corrected chi connectivity index (χ2v) is 12.2. The summed E-state index contributed by atoms with van der Waals surface area (Å²) in [6, 6.07) is 67.0. The number of anilines is 3. The quantitative estimate of drug-likeness (QED) is 0.185. The highest BCUT2D eigenvalue weighted by atomic mass is 16.3. The van der Waals surface area contributed by atoms with Crippen LogP contribution in [0.4, 0.5) is 17.1 Å². The molecular formula is C46H31NO. The predicted molar refractivity (Wildman–Crippen MR) is 202 cm³/mol. The van der Waals surface area contributed by atoms with E-state index in [2.05, 4.69) is 175 Å². The van der Waals surface area contributed by atoms with Gasteiger partial charge in [0.2, 0.25) is 0 Å². The molecule has 0 aliphatic carbocycles. The number of hydrogen-bond donors (Lipinski definition) is 0. The van der Waals surface area contributed by atoms with E-state index in [-0.39, 0.29) is 0 Å². The summed E-state index contributed by atoms with van der Waals surface area (Å²) >= 11 is 0. The monoisotopic (exact) mass is 613 g/mol. The number of rotatable bonds is 6. The van der Waals surface area contributed by atoms with Crippen LogP contribution in [-0.4, -0.2) is 0 Å². The third-order valence-corrected chi connectivity index (χ3v) is 9.25. The normalized spacial score (nSPS) is 11.3. The van der Waals surface area contributed by atoms with Crippen molar-refractivity contribution >= 4 is 49.6 Å². The Morgan fingerprint density at radius 2 is 1.02 bits per heavy atom. The summed E-state index contributed by atoms with van der Waals surface area (Å²) in [5.74, 6) is 0.876. The number of furan rings is 1. The molecule has 8 aromatic carbocycles. The van der Waals surface area contributed by atoms with E-state index in [1.165, 1.54) is 38.2 Å². The van der Waals surface area contributed by atoms with Crippen LogP contribution in [0.1, 0.15) is 0 Å². The maximum Gasteiger partial charge on any atom is 0.135 e. The van der Waals surface area contributed by atoms with Gasteiger partial charge in [0, 0.05) is 27.7 Å². The second-order valence-electron chi connectivity index (χ2n) is 12.2. The third kappa shape index (κ3) is 5.01. The van der Waals surface area contributed by atoms with Crippen molar-refractivity contribution < 1.29 is 4.42 Å². The molecule has 0 N–H and O–H groups in total. The standard InChI is InChI=1S/C46H31NO/c1-2-16-39(17-3-1)47(40-25-23-33(24-26-40)35-22-21-32-11-4-5-12-34(32)29-35)44-28-27-41(42-18-7-8-19-43(42)44)36-14-10-15-37(30-36)46-31-38-13-6-9-20-45(38)48-46/h1-31H. The van der Waals surface area contributed by atoms with Crippen LogP contribution in [-0.2, 0) is 0 Å². The largest absolute Gasteiger partial charge is 0.456 e. The van der Waals surface area contributed by atoms with Gasteiger partial charge in [0.1, 0.15) is 11.3 Å². The van der Waals surface area contributed by atoms with Crippen molar-refractivity contribution in [2.45, 2.75) is 0 Å². The van der Waals surface area contributed by atoms with Gasteiger partial charge in [-0.1, -0.05) is 133 Å². The number of nitrogens with zero attached hydrogens (tertiary/aromatic N) is 1. The number of hydrogen-bond acceptors (Lipinski definition) is 2. The molecule has 0 aliphatic heterocycles. The van der Waals surface area contributed by atoms with E-state index in [1.807, 2.05) is 18.2 Å². The van der Waals surface area contributed by atoms with Crippen LogP contribution in [0.5, 0.6) is 0 Å². The van der Waals surface area contributed by atoms with Crippen LogP contribution >= 0.6 is 0 Å². The van der Waals surface area contributed by atoms with Crippen molar-refractivity contribution in [3.8, 4) is 33.6 Å². The minimum atomic E-state index is 0.876. The molecule has 48 heavy (non-hydrogen) atoms. The fourth-order valence-corrected chi connectivity index (χ4v) is 6.87. The molecule has 9 aromatic rings. The highest BCUT2D eigenvalue weighted by Crippen LogP contribution is 2.43. The molecule has 0 spiro atoms. The van der Waals surface area contributed by atoms with Crippen LogP contribution in [0, 0.1) is 0 Å². The van der Waals surface area contributed by atoms with Gasteiger partial charge in [-0.25, -0.2) is 0 Å². The van der Waals surface area contributed by atoms with Crippen LogP contribution in [0.15, 0.2) is 192 Å². The van der Waals surface area contributed by atoms with E-state index >= 15 is 0 Å². The molecule has 0 bridgehead atoms. The average Bonchev–Trinajstić information content (AvgIpc) is 3.60. The van der Waals surface area contributed by atoms with E-state index in [9.17, 15) is 0 Å². The Kier molecular flexibility index (Phi) is 6.84. The van der Waals surface area contributed by atoms with Gasteiger partial charge in [-0.3, -0.25) is 0 Å². The lowest BCUT2D eigenvalue weighted by atomic mass is 9.95. The highest BCUT2D eigenvalue weighted by Gasteiger charge is 2.18. The molecule has 0 saturated carbocycles. The Balaban J connectivity index is 1.14. The fraction of sp³-hybridized carbons (Fsp3) is 0. The van der Waals surface area contributed by atoms with E-state index in [0.717, 1.165) is 44.9 Å². The minimum absolute atomic E-state index is 0.876. The first-order valence-electron chi connectivity index (χ1n) is 16.3. The van der Waals surface area contributed by atoms with E-state index < -0.39 is 0 Å². The molecule has 9 rings (SSSR count). The molecule has 0 aliphatic rings. The van der Waals surface area contributed by atoms with Crippen molar-refractivity contribution in [1.82, 2.24) is 0 Å². The Morgan fingerprint density at radius 3 is 1.85 bits per heavy atom. The molecule has 0 radical (unpaired) electrons. The molecule has 1 heterocycles. The molecule has 2 nitrogen and oxygen atoms in total. The van der Waals surface area contributed by atoms with Gasteiger partial charge in [-0.2, -0.15) is 0 Å². The topological polar surface area (TPSA) is 16.4 Å². The third-order valence-electron chi connectivity index (χ3n) is 9.25. The number of benzene rings is 8. The summed E-state index contributed by atoms with van der Waals surface area (Å²) in [6.07, 6.45) is 0. The summed E-state index contributed by atoms with van der Waals surface area (Å²) < 4.78 is 6.23. The summed E-state index contributed by atoms with van der Waals surface area (Å²) in [6.45, 7) is 0. The first-order chi connectivity index (χ1) is 23.8. The fourth-order valence-electron chi connectivity index (χ4n) is 6.87. The van der Waals surface area contributed by atoms with Crippen molar-refractivity contribution in [1.29, 1.82) is 0 Å². The molecule has 0 fully saturated rings. The molecule has 0 amide bonds. The minimum Gasteiger partial charge on any atom is -0.456 e. The van der Waals surface area contributed by atoms with Gasteiger partial charge < -0.3 is 9.32 Å². The lowest BCUT2D eigenvalue weighted by Crippen LogP contribution is -2.10. The van der Waals surface area contributed by atoms with Gasteiger partial charge in [0.15, 0.2) is 0 Å². The molecule has 2 heteroatoms. The van der Waals surface area contributed by atoms with E-state index in [0.29, 0.717) is 0 Å². The van der Waals surface area contributed by atoms with Crippen LogP contribution < -0.4 is 4.90 Å². The summed E-state index contributed by atoms with van der Waals surface area (Å²) in [7, 11) is 0.